The van der Waals surface area contributed by atoms with Crippen molar-refractivity contribution in [1.29, 1.82) is 0 Å². The van der Waals surface area contributed by atoms with Crippen molar-refractivity contribution < 1.29 is 4.79 Å². The highest BCUT2D eigenvalue weighted by molar-refractivity contribution is 7.98. The number of thioether (sulfide) groups is 1. The van der Waals surface area contributed by atoms with Crippen LogP contribution in [0.15, 0.2) is 53.4 Å². The highest BCUT2D eigenvalue weighted by atomic mass is 32.2. The average molecular weight is 481 g/mol. The molecule has 2 aromatic carbocycles. The number of hydrogen-bond donors (Lipinski definition) is 3. The van der Waals surface area contributed by atoms with Crippen molar-refractivity contribution in [3.8, 4) is 0 Å². The highest BCUT2D eigenvalue weighted by Crippen LogP contribution is 2.23. The number of para-hydroxylation sites is 1. The normalized spacial score (nSPS) is 12.4. The summed E-state index contributed by atoms with van der Waals surface area (Å²) in [5, 5.41) is 7.61. The van der Waals surface area contributed by atoms with Gasteiger partial charge in [0.25, 0.3) is 0 Å². The highest BCUT2D eigenvalue weighted by Gasteiger charge is 2.21. The molecule has 0 radical (unpaired) electrons. The number of nitrogens with two attached hydrogens (primary N) is 1. The third-order valence-electron chi connectivity index (χ3n) is 5.84. The lowest BCUT2D eigenvalue weighted by atomic mass is 10.0. The topological polar surface area (TPSA) is 96.2 Å². The Morgan fingerprint density at radius 1 is 1.12 bits per heavy atom. The molecule has 1 aromatic heterocycles. The van der Waals surface area contributed by atoms with Gasteiger partial charge in [0.05, 0.1) is 12.1 Å². The molecule has 0 spiro atoms. The second-order valence-electron chi connectivity index (χ2n) is 8.63. The first-order valence-electron chi connectivity index (χ1n) is 11.8. The fraction of sp³-hybridized carbons (Fsp3) is 0.423. The van der Waals surface area contributed by atoms with Crippen molar-refractivity contribution >= 4 is 34.4 Å². The minimum Gasteiger partial charge on any atom is -0.368 e. The van der Waals surface area contributed by atoms with E-state index in [1.54, 1.807) is 11.8 Å². The van der Waals surface area contributed by atoms with E-state index in [0.717, 1.165) is 37.1 Å². The Morgan fingerprint density at radius 2 is 1.85 bits per heavy atom. The number of benzene rings is 2. The summed E-state index contributed by atoms with van der Waals surface area (Å²) in [6, 6.07) is 15.9. The molecule has 0 saturated carbocycles. The number of likely N-dealkylation sites (N-methyl/N-ethyl adjacent to an activating group) is 1. The molecule has 0 bridgehead atoms. The van der Waals surface area contributed by atoms with Crippen molar-refractivity contribution in [2.45, 2.75) is 44.8 Å². The molecular formula is C26H36N6OS. The summed E-state index contributed by atoms with van der Waals surface area (Å²) < 4.78 is 0. The molecule has 34 heavy (non-hydrogen) atoms. The maximum absolute atomic E-state index is 11.9. The van der Waals surface area contributed by atoms with Gasteiger partial charge in [0.1, 0.15) is 17.7 Å². The van der Waals surface area contributed by atoms with Gasteiger partial charge in [0, 0.05) is 29.9 Å². The van der Waals surface area contributed by atoms with Gasteiger partial charge in [-0.15, -0.1) is 11.8 Å². The van der Waals surface area contributed by atoms with Crippen LogP contribution in [0.25, 0.3) is 10.9 Å². The summed E-state index contributed by atoms with van der Waals surface area (Å²) in [5.41, 5.74) is 7.82. The summed E-state index contributed by atoms with van der Waals surface area (Å²) in [6.07, 6.45) is 2.12. The van der Waals surface area contributed by atoms with Gasteiger partial charge >= 0.3 is 0 Å². The van der Waals surface area contributed by atoms with Gasteiger partial charge < -0.3 is 16.4 Å². The number of nitrogens with one attached hydrogen (secondary N) is 2. The lowest BCUT2D eigenvalue weighted by molar-refractivity contribution is -0.119. The maximum Gasteiger partial charge on any atom is 0.240 e. The van der Waals surface area contributed by atoms with E-state index >= 15 is 0 Å². The zero-order chi connectivity index (χ0) is 24.5. The number of primary amides is 1. The summed E-state index contributed by atoms with van der Waals surface area (Å²) in [6.45, 7) is 10.3. The maximum atomic E-state index is 11.9. The molecule has 8 heteroatoms. The number of fused-ring (bicyclic) bond motifs is 1. The van der Waals surface area contributed by atoms with E-state index in [9.17, 15) is 4.79 Å². The summed E-state index contributed by atoms with van der Waals surface area (Å²) in [4.78, 5) is 25.1. The Labute approximate surface area is 206 Å². The molecule has 0 saturated heterocycles. The van der Waals surface area contributed by atoms with E-state index in [-0.39, 0.29) is 11.8 Å². The van der Waals surface area contributed by atoms with Gasteiger partial charge in [-0.2, -0.15) is 0 Å². The van der Waals surface area contributed by atoms with Crippen molar-refractivity contribution in [2.24, 2.45) is 11.7 Å². The molecular weight excluding hydrogens is 444 g/mol. The van der Waals surface area contributed by atoms with Crippen molar-refractivity contribution in [2.75, 3.05) is 31.2 Å². The summed E-state index contributed by atoms with van der Waals surface area (Å²) in [7, 11) is 0. The van der Waals surface area contributed by atoms with E-state index in [4.69, 9.17) is 15.7 Å². The van der Waals surface area contributed by atoms with E-state index < -0.39 is 6.04 Å². The van der Waals surface area contributed by atoms with E-state index in [1.165, 1.54) is 10.5 Å². The minimum absolute atomic E-state index is 0.0454. The zero-order valence-electron chi connectivity index (χ0n) is 20.5. The third kappa shape index (κ3) is 6.91. The first-order chi connectivity index (χ1) is 16.4. The Bertz CT molecular complexity index is 1090. The first-order valence-corrected chi connectivity index (χ1v) is 13.0. The van der Waals surface area contributed by atoms with E-state index in [2.05, 4.69) is 53.0 Å². The number of hydrogen-bond acceptors (Lipinski definition) is 7. The van der Waals surface area contributed by atoms with Crippen LogP contribution in [0.5, 0.6) is 0 Å². The number of anilines is 1. The predicted molar refractivity (Wildman–Crippen MR) is 142 cm³/mol. The molecule has 0 aliphatic rings. The summed E-state index contributed by atoms with van der Waals surface area (Å²) >= 11 is 1.79. The molecule has 3 rings (SSSR count). The lowest BCUT2D eigenvalue weighted by Crippen LogP contribution is -2.40. The molecule has 3 aromatic rings. The number of carbonyl (C=O) groups excluding carboxylic acids is 1. The molecule has 0 unspecified atom stereocenters. The van der Waals surface area contributed by atoms with Gasteiger partial charge in [-0.3, -0.25) is 9.69 Å². The molecule has 4 N–H and O–H groups in total. The predicted octanol–water partition coefficient (Wildman–Crippen LogP) is 3.89. The molecule has 1 amide bonds. The smallest absolute Gasteiger partial charge is 0.240 e. The van der Waals surface area contributed by atoms with Crippen LogP contribution in [0.4, 0.5) is 5.82 Å². The van der Waals surface area contributed by atoms with Crippen LogP contribution in [0, 0.1) is 5.92 Å². The van der Waals surface area contributed by atoms with Crippen LogP contribution in [0.1, 0.15) is 32.2 Å². The van der Waals surface area contributed by atoms with Gasteiger partial charge in [-0.1, -0.05) is 51.1 Å². The minimum atomic E-state index is -0.499. The van der Waals surface area contributed by atoms with Crippen LogP contribution in [0.3, 0.4) is 0 Å². The SMILES string of the molecule is CCN(CCNCc1nc(N[C@H](C(N)=O)C(C)C)c2ccccc2n1)Cc1ccccc1SC. The van der Waals surface area contributed by atoms with Crippen molar-refractivity contribution in [1.82, 2.24) is 20.2 Å². The fourth-order valence-electron chi connectivity index (χ4n) is 3.89. The fourth-order valence-corrected chi connectivity index (χ4v) is 4.50. The van der Waals surface area contributed by atoms with Gasteiger partial charge in [0.15, 0.2) is 0 Å². The Kier molecular flexibility index (Phi) is 9.68. The van der Waals surface area contributed by atoms with Gasteiger partial charge in [-0.05, 0) is 42.5 Å². The van der Waals surface area contributed by atoms with Crippen molar-refractivity contribution in [3.63, 3.8) is 0 Å². The molecule has 0 fully saturated rings. The van der Waals surface area contributed by atoms with Crippen LogP contribution < -0.4 is 16.4 Å². The summed E-state index contributed by atoms with van der Waals surface area (Å²) in [5.74, 6) is 0.983. The largest absolute Gasteiger partial charge is 0.368 e. The lowest BCUT2D eigenvalue weighted by Gasteiger charge is -2.22. The second kappa shape index (κ2) is 12.7. The standard InChI is InChI=1S/C26H36N6OS/c1-5-32(17-19-10-6-9-13-22(19)34-4)15-14-28-16-23-29-21-12-8-7-11-20(21)26(30-23)31-24(18(2)3)25(27)33/h6-13,18,24,28H,5,14-17H2,1-4H3,(H2,27,33)(H,29,30,31)/t24-/m0/s1. The van der Waals surface area contributed by atoms with Gasteiger partial charge in [-0.25, -0.2) is 9.97 Å². The number of amides is 1. The first kappa shape index (κ1) is 25.9. The Hall–Kier alpha value is -2.68. The Morgan fingerprint density at radius 3 is 2.56 bits per heavy atom. The molecule has 0 aliphatic carbocycles. The zero-order valence-corrected chi connectivity index (χ0v) is 21.4. The van der Waals surface area contributed by atoms with Crippen LogP contribution in [0.2, 0.25) is 0 Å². The third-order valence-corrected chi connectivity index (χ3v) is 6.67. The second-order valence-corrected chi connectivity index (χ2v) is 9.48. The molecule has 1 atom stereocenters. The van der Waals surface area contributed by atoms with Crippen LogP contribution in [-0.4, -0.2) is 52.7 Å². The van der Waals surface area contributed by atoms with Crippen molar-refractivity contribution in [3.05, 3.63) is 59.9 Å². The van der Waals surface area contributed by atoms with Crippen LogP contribution in [-0.2, 0) is 17.9 Å². The average Bonchev–Trinajstić information content (AvgIpc) is 2.84. The molecule has 0 aliphatic heterocycles. The van der Waals surface area contributed by atoms with E-state index in [0.29, 0.717) is 18.2 Å². The van der Waals surface area contributed by atoms with Crippen LogP contribution >= 0.6 is 11.8 Å². The molecule has 7 nitrogen and oxygen atoms in total. The number of rotatable bonds is 13. The Balaban J connectivity index is 1.65. The van der Waals surface area contributed by atoms with E-state index in [1.807, 2.05) is 38.1 Å². The number of aromatic nitrogens is 2. The molecule has 182 valence electrons. The van der Waals surface area contributed by atoms with Gasteiger partial charge in [0.2, 0.25) is 5.91 Å². The number of carbonyl (C=O) groups is 1. The number of nitrogens with zero attached hydrogens (tertiary/aromatic N) is 3. The molecule has 1 heterocycles. The monoisotopic (exact) mass is 480 g/mol. The quantitative estimate of drug-likeness (QED) is 0.252.